The number of carbonyl (C=O) groups is 2. The van der Waals surface area contributed by atoms with Crippen molar-refractivity contribution < 1.29 is 19.6 Å². The Morgan fingerprint density at radius 2 is 1.92 bits per heavy atom. The van der Waals surface area contributed by atoms with E-state index < -0.39 is 5.97 Å². The van der Waals surface area contributed by atoms with E-state index in [0.717, 1.165) is 29.7 Å². The molecule has 0 saturated heterocycles. The molecule has 0 bridgehead atoms. The van der Waals surface area contributed by atoms with Gasteiger partial charge in [0.2, 0.25) is 0 Å². The van der Waals surface area contributed by atoms with Gasteiger partial charge in [0.1, 0.15) is 10.6 Å². The van der Waals surface area contributed by atoms with Gasteiger partial charge in [-0.2, -0.15) is 0 Å². The van der Waals surface area contributed by atoms with Gasteiger partial charge in [-0.05, 0) is 25.8 Å². The molecule has 6 heteroatoms. The predicted octanol–water partition coefficient (Wildman–Crippen LogP) is 2.81. The molecule has 0 atom stereocenters. The number of hydrogen-bond acceptors (Lipinski definition) is 4. The molecule has 3 N–H and O–H groups in total. The zero-order valence-electron chi connectivity index (χ0n) is 14.9. The summed E-state index contributed by atoms with van der Waals surface area (Å²) >= 11 is 1.35. The second-order valence-electron chi connectivity index (χ2n) is 5.77. The van der Waals surface area contributed by atoms with E-state index in [1.54, 1.807) is 6.92 Å². The molecule has 0 aliphatic rings. The van der Waals surface area contributed by atoms with Crippen molar-refractivity contribution in [3.63, 3.8) is 0 Å². The molecular formula is C19H25N2O3S+. The molecular weight excluding hydrogens is 336 g/mol. The molecule has 0 saturated carbocycles. The maximum Gasteiger partial charge on any atom is 0.341 e. The highest BCUT2D eigenvalue weighted by atomic mass is 32.1. The van der Waals surface area contributed by atoms with Crippen LogP contribution in [0.15, 0.2) is 29.6 Å². The number of nitrogens with two attached hydrogens (primary N) is 1. The molecule has 134 valence electrons. The van der Waals surface area contributed by atoms with Gasteiger partial charge in [0.15, 0.2) is 6.54 Å². The van der Waals surface area contributed by atoms with Crippen LogP contribution in [0.4, 0.5) is 5.00 Å². The van der Waals surface area contributed by atoms with Gasteiger partial charge in [-0.1, -0.05) is 36.8 Å². The summed E-state index contributed by atoms with van der Waals surface area (Å²) in [5, 5.41) is 7.25. The fraction of sp³-hybridized carbons (Fsp3) is 0.368. The Morgan fingerprint density at radius 3 is 2.56 bits per heavy atom. The van der Waals surface area contributed by atoms with E-state index in [4.69, 9.17) is 4.74 Å². The van der Waals surface area contributed by atoms with Crippen molar-refractivity contribution >= 4 is 28.2 Å². The van der Waals surface area contributed by atoms with Crippen LogP contribution in [0.1, 0.15) is 36.2 Å². The van der Waals surface area contributed by atoms with Gasteiger partial charge in [0, 0.05) is 10.9 Å². The van der Waals surface area contributed by atoms with Crippen molar-refractivity contribution in [3.8, 4) is 11.1 Å². The Hall–Kier alpha value is -2.18. The summed E-state index contributed by atoms with van der Waals surface area (Å²) in [5.74, 6) is -0.525. The zero-order valence-corrected chi connectivity index (χ0v) is 15.7. The Balaban J connectivity index is 2.29. The predicted molar refractivity (Wildman–Crippen MR) is 101 cm³/mol. The van der Waals surface area contributed by atoms with Crippen molar-refractivity contribution in [2.75, 3.05) is 25.0 Å². The maximum absolute atomic E-state index is 12.5. The number of carbonyl (C=O) groups excluding carboxylic acids is 2. The Labute approximate surface area is 152 Å². The first kappa shape index (κ1) is 19.1. The van der Waals surface area contributed by atoms with E-state index in [1.807, 2.05) is 41.9 Å². The summed E-state index contributed by atoms with van der Waals surface area (Å²) in [4.78, 5) is 24.6. The second kappa shape index (κ2) is 9.34. The third kappa shape index (κ3) is 5.14. The summed E-state index contributed by atoms with van der Waals surface area (Å²) in [6.07, 6.45) is 1.01. The number of nitrogens with one attached hydrogen (secondary N) is 1. The standard InChI is InChI=1S/C19H24N2O3S/c1-4-10-20-11-16(22)21-18-17(19(23)24-5-2)15(12-25-18)14-8-6-13(3)7-9-14/h6-9,12,20H,4-5,10-11H2,1-3H3,(H,21,22)/p+1. The van der Waals surface area contributed by atoms with Gasteiger partial charge in [-0.25, -0.2) is 4.79 Å². The Morgan fingerprint density at radius 1 is 1.20 bits per heavy atom. The van der Waals surface area contributed by atoms with E-state index in [9.17, 15) is 9.59 Å². The number of esters is 1. The van der Waals surface area contributed by atoms with Crippen LogP contribution >= 0.6 is 11.3 Å². The van der Waals surface area contributed by atoms with Crippen LogP contribution in [0.2, 0.25) is 0 Å². The first-order valence-corrected chi connectivity index (χ1v) is 9.41. The normalized spacial score (nSPS) is 10.5. The molecule has 0 spiro atoms. The number of thiophene rings is 1. The van der Waals surface area contributed by atoms with Gasteiger partial charge >= 0.3 is 5.97 Å². The van der Waals surface area contributed by atoms with Crippen LogP contribution in [0.3, 0.4) is 0 Å². The Kier molecular flexibility index (Phi) is 7.16. The first-order chi connectivity index (χ1) is 12.1. The van der Waals surface area contributed by atoms with Gasteiger partial charge in [0.25, 0.3) is 5.91 Å². The molecule has 25 heavy (non-hydrogen) atoms. The minimum absolute atomic E-state index is 0.115. The van der Waals surface area contributed by atoms with Crippen LogP contribution in [0.5, 0.6) is 0 Å². The van der Waals surface area contributed by atoms with Gasteiger partial charge in [-0.15, -0.1) is 11.3 Å². The lowest BCUT2D eigenvalue weighted by Gasteiger charge is -2.08. The lowest BCUT2D eigenvalue weighted by atomic mass is 10.0. The molecule has 0 aliphatic carbocycles. The topological polar surface area (TPSA) is 72.0 Å². The van der Waals surface area contributed by atoms with Crippen molar-refractivity contribution in [2.24, 2.45) is 0 Å². The van der Waals surface area contributed by atoms with E-state index in [0.29, 0.717) is 23.7 Å². The second-order valence-corrected chi connectivity index (χ2v) is 6.65. The average molecular weight is 361 g/mol. The smallest absolute Gasteiger partial charge is 0.341 e. The van der Waals surface area contributed by atoms with Gasteiger partial charge < -0.3 is 15.4 Å². The molecule has 1 amide bonds. The van der Waals surface area contributed by atoms with Gasteiger partial charge in [-0.3, -0.25) is 4.79 Å². The number of benzene rings is 1. The molecule has 1 aromatic heterocycles. The van der Waals surface area contributed by atoms with Crippen LogP contribution in [-0.4, -0.2) is 31.6 Å². The highest BCUT2D eigenvalue weighted by Crippen LogP contribution is 2.36. The highest BCUT2D eigenvalue weighted by Gasteiger charge is 2.23. The van der Waals surface area contributed by atoms with Crippen molar-refractivity contribution in [1.29, 1.82) is 0 Å². The summed E-state index contributed by atoms with van der Waals surface area (Å²) in [5.41, 5.74) is 3.30. The largest absolute Gasteiger partial charge is 0.462 e. The Bertz CT molecular complexity index is 723. The van der Waals surface area contributed by atoms with E-state index in [2.05, 4.69) is 12.2 Å². The minimum atomic E-state index is -0.410. The van der Waals surface area contributed by atoms with Gasteiger partial charge in [0.05, 0.1) is 13.2 Å². The average Bonchev–Trinajstić information content (AvgIpc) is 2.99. The number of rotatable bonds is 8. The van der Waals surface area contributed by atoms with Crippen molar-refractivity contribution in [2.45, 2.75) is 27.2 Å². The summed E-state index contributed by atoms with van der Waals surface area (Å²) in [6, 6.07) is 7.95. The van der Waals surface area contributed by atoms with E-state index >= 15 is 0 Å². The van der Waals surface area contributed by atoms with Crippen LogP contribution in [0.25, 0.3) is 11.1 Å². The molecule has 0 aliphatic heterocycles. The monoisotopic (exact) mass is 361 g/mol. The quantitative estimate of drug-likeness (QED) is 0.561. The van der Waals surface area contributed by atoms with Crippen LogP contribution in [-0.2, 0) is 9.53 Å². The highest BCUT2D eigenvalue weighted by molar-refractivity contribution is 7.15. The molecule has 1 heterocycles. The van der Waals surface area contributed by atoms with E-state index in [1.165, 1.54) is 11.3 Å². The first-order valence-electron chi connectivity index (χ1n) is 8.54. The van der Waals surface area contributed by atoms with Crippen molar-refractivity contribution in [1.82, 2.24) is 0 Å². The molecule has 2 aromatic rings. The number of amides is 1. The molecule has 0 radical (unpaired) electrons. The number of aryl methyl sites for hydroxylation is 1. The SMILES string of the molecule is CCC[NH2+]CC(=O)Nc1scc(-c2ccc(C)cc2)c1C(=O)OCC. The summed E-state index contributed by atoms with van der Waals surface area (Å²) < 4.78 is 5.20. The molecule has 1 aromatic carbocycles. The maximum atomic E-state index is 12.5. The third-order valence-corrected chi connectivity index (χ3v) is 4.60. The van der Waals surface area contributed by atoms with Crippen molar-refractivity contribution in [3.05, 3.63) is 40.8 Å². The van der Waals surface area contributed by atoms with E-state index in [-0.39, 0.29) is 5.91 Å². The molecule has 2 rings (SSSR count). The number of hydrogen-bond donors (Lipinski definition) is 2. The zero-order chi connectivity index (χ0) is 18.2. The lowest BCUT2D eigenvalue weighted by Crippen LogP contribution is -2.86. The van der Waals surface area contributed by atoms with Crippen LogP contribution < -0.4 is 10.6 Å². The lowest BCUT2D eigenvalue weighted by molar-refractivity contribution is -0.643. The summed E-state index contributed by atoms with van der Waals surface area (Å²) in [7, 11) is 0. The molecule has 5 nitrogen and oxygen atoms in total. The third-order valence-electron chi connectivity index (χ3n) is 3.71. The minimum Gasteiger partial charge on any atom is -0.462 e. The number of ether oxygens (including phenoxy) is 1. The van der Waals surface area contributed by atoms with Crippen LogP contribution in [0, 0.1) is 6.92 Å². The number of quaternary nitrogens is 1. The fourth-order valence-electron chi connectivity index (χ4n) is 2.42. The molecule has 0 fully saturated rings. The fourth-order valence-corrected chi connectivity index (χ4v) is 3.39. The summed E-state index contributed by atoms with van der Waals surface area (Å²) in [6.45, 7) is 7.39. The number of anilines is 1. The molecule has 0 unspecified atom stereocenters.